The molecule has 1 aromatic carbocycles. The van der Waals surface area contributed by atoms with Crippen LogP contribution >= 0.6 is 0 Å². The fraction of sp³-hybridized carbons (Fsp3) is 0.562. The molecule has 0 aliphatic heterocycles. The van der Waals surface area contributed by atoms with Crippen molar-refractivity contribution in [2.45, 2.75) is 46.3 Å². The summed E-state index contributed by atoms with van der Waals surface area (Å²) in [5.74, 6) is 1.11. The van der Waals surface area contributed by atoms with Crippen LogP contribution < -0.4 is 5.73 Å². The topological polar surface area (TPSA) is 47.1 Å². The van der Waals surface area contributed by atoms with Gasteiger partial charge in [0.05, 0.1) is 17.6 Å². The smallest absolute Gasteiger partial charge is 0.124 e. The summed E-state index contributed by atoms with van der Waals surface area (Å²) in [5, 5.41) is 0. The Kier molecular flexibility index (Phi) is 4.45. The third-order valence-corrected chi connectivity index (χ3v) is 3.56. The number of para-hydroxylation sites is 2. The Morgan fingerprint density at radius 2 is 1.85 bits per heavy atom. The third kappa shape index (κ3) is 3.38. The monoisotopic (exact) mass is 274 g/mol. The summed E-state index contributed by atoms with van der Waals surface area (Å²) in [7, 11) is 0. The van der Waals surface area contributed by atoms with Crippen molar-refractivity contribution in [1.82, 2.24) is 14.5 Å². The van der Waals surface area contributed by atoms with Crippen molar-refractivity contribution in [3.8, 4) is 0 Å². The molecule has 110 valence electrons. The first-order valence-corrected chi connectivity index (χ1v) is 7.40. The van der Waals surface area contributed by atoms with Gasteiger partial charge < -0.3 is 10.3 Å². The minimum Gasteiger partial charge on any atom is -0.325 e. The van der Waals surface area contributed by atoms with Gasteiger partial charge in [0.25, 0.3) is 0 Å². The third-order valence-electron chi connectivity index (χ3n) is 3.56. The molecule has 2 aromatic rings. The molecule has 0 unspecified atom stereocenters. The molecule has 0 fully saturated rings. The van der Waals surface area contributed by atoms with Gasteiger partial charge in [-0.25, -0.2) is 4.98 Å². The number of imidazole rings is 1. The Labute approximate surface area is 121 Å². The van der Waals surface area contributed by atoms with E-state index in [0.717, 1.165) is 37.5 Å². The molecule has 0 saturated carbocycles. The molecule has 0 aliphatic rings. The highest BCUT2D eigenvalue weighted by Crippen LogP contribution is 2.19. The number of hydrogen-bond donors (Lipinski definition) is 1. The van der Waals surface area contributed by atoms with Crippen molar-refractivity contribution < 1.29 is 0 Å². The van der Waals surface area contributed by atoms with Gasteiger partial charge in [0.1, 0.15) is 5.82 Å². The minimum absolute atomic E-state index is 0.249. The summed E-state index contributed by atoms with van der Waals surface area (Å²) in [6.45, 7) is 12.2. The van der Waals surface area contributed by atoms with Gasteiger partial charge in [-0.15, -0.1) is 0 Å². The Bertz CT molecular complexity index is 561. The number of fused-ring (bicyclic) bond motifs is 1. The summed E-state index contributed by atoms with van der Waals surface area (Å²) >= 11 is 0. The van der Waals surface area contributed by atoms with Crippen molar-refractivity contribution in [2.75, 3.05) is 13.1 Å². The number of benzene rings is 1. The second-order valence-corrected chi connectivity index (χ2v) is 6.05. The summed E-state index contributed by atoms with van der Waals surface area (Å²) in [4.78, 5) is 7.17. The fourth-order valence-electron chi connectivity index (χ4n) is 2.48. The lowest BCUT2D eigenvalue weighted by atomic mass is 10.1. The molecule has 0 amide bonds. The van der Waals surface area contributed by atoms with E-state index in [-0.39, 0.29) is 5.54 Å². The molecule has 4 nitrogen and oxygen atoms in total. The first-order chi connectivity index (χ1) is 9.44. The Morgan fingerprint density at radius 3 is 2.45 bits per heavy atom. The van der Waals surface area contributed by atoms with E-state index in [1.807, 2.05) is 6.07 Å². The average molecular weight is 274 g/mol. The van der Waals surface area contributed by atoms with Gasteiger partial charge in [0, 0.05) is 12.1 Å². The van der Waals surface area contributed by atoms with E-state index in [1.54, 1.807) is 0 Å². The van der Waals surface area contributed by atoms with Crippen molar-refractivity contribution in [1.29, 1.82) is 0 Å². The standard InChI is InChI=1S/C16H26N4/c1-5-19(6-2)11-15-18-13-9-7-8-10-14(13)20(15)12-16(3,4)17/h7-10H,5-6,11-12,17H2,1-4H3. The van der Waals surface area contributed by atoms with Crippen molar-refractivity contribution in [3.63, 3.8) is 0 Å². The zero-order valence-electron chi connectivity index (χ0n) is 13.1. The number of nitrogens with two attached hydrogens (primary N) is 1. The van der Waals surface area contributed by atoms with Crippen LogP contribution in [0.3, 0.4) is 0 Å². The highest BCUT2D eigenvalue weighted by molar-refractivity contribution is 5.75. The molecule has 20 heavy (non-hydrogen) atoms. The van der Waals surface area contributed by atoms with Gasteiger partial charge in [-0.05, 0) is 39.1 Å². The minimum atomic E-state index is -0.249. The van der Waals surface area contributed by atoms with Crippen LogP contribution in [0.25, 0.3) is 11.0 Å². The molecule has 2 rings (SSSR count). The van der Waals surface area contributed by atoms with Crippen LogP contribution in [-0.2, 0) is 13.1 Å². The zero-order chi connectivity index (χ0) is 14.8. The van der Waals surface area contributed by atoms with E-state index < -0.39 is 0 Å². The Morgan fingerprint density at radius 1 is 1.20 bits per heavy atom. The van der Waals surface area contributed by atoms with Crippen molar-refractivity contribution in [3.05, 3.63) is 30.1 Å². The number of nitrogens with zero attached hydrogens (tertiary/aromatic N) is 3. The van der Waals surface area contributed by atoms with Gasteiger partial charge in [0.15, 0.2) is 0 Å². The van der Waals surface area contributed by atoms with Gasteiger partial charge in [-0.2, -0.15) is 0 Å². The SMILES string of the molecule is CCN(CC)Cc1nc2ccccc2n1CC(C)(C)N. The molecular formula is C16H26N4. The van der Waals surface area contributed by atoms with E-state index >= 15 is 0 Å². The van der Waals surface area contributed by atoms with Crippen LogP contribution in [0.1, 0.15) is 33.5 Å². The number of rotatable bonds is 6. The average Bonchev–Trinajstić information content (AvgIpc) is 2.72. The van der Waals surface area contributed by atoms with Crippen LogP contribution in [0.5, 0.6) is 0 Å². The molecule has 0 saturated heterocycles. The Balaban J connectivity index is 2.43. The maximum Gasteiger partial charge on any atom is 0.124 e. The van der Waals surface area contributed by atoms with Gasteiger partial charge in [-0.1, -0.05) is 26.0 Å². The second-order valence-electron chi connectivity index (χ2n) is 6.05. The maximum absolute atomic E-state index is 6.22. The van der Waals surface area contributed by atoms with E-state index in [2.05, 4.69) is 55.4 Å². The van der Waals surface area contributed by atoms with Crippen LogP contribution in [0.2, 0.25) is 0 Å². The predicted octanol–water partition coefficient (Wildman–Crippen LogP) is 2.62. The maximum atomic E-state index is 6.22. The quantitative estimate of drug-likeness (QED) is 0.881. The van der Waals surface area contributed by atoms with Gasteiger partial charge >= 0.3 is 0 Å². The summed E-state index contributed by atoms with van der Waals surface area (Å²) < 4.78 is 2.27. The molecule has 0 atom stereocenters. The van der Waals surface area contributed by atoms with Crippen molar-refractivity contribution in [2.24, 2.45) is 5.73 Å². The highest BCUT2D eigenvalue weighted by Gasteiger charge is 2.18. The lowest BCUT2D eigenvalue weighted by Gasteiger charge is -2.23. The first kappa shape index (κ1) is 15.0. The van der Waals surface area contributed by atoms with Crippen molar-refractivity contribution >= 4 is 11.0 Å². The van der Waals surface area contributed by atoms with Crippen LogP contribution in [-0.4, -0.2) is 33.1 Å². The molecule has 0 spiro atoms. The number of hydrogen-bond acceptors (Lipinski definition) is 3. The van der Waals surface area contributed by atoms with Gasteiger partial charge in [-0.3, -0.25) is 4.90 Å². The molecule has 0 aliphatic carbocycles. The second kappa shape index (κ2) is 5.94. The van der Waals surface area contributed by atoms with E-state index in [1.165, 1.54) is 5.52 Å². The normalized spacial score (nSPS) is 12.5. The Hall–Kier alpha value is -1.39. The molecular weight excluding hydrogens is 248 g/mol. The van der Waals surface area contributed by atoms with Crippen LogP contribution in [0.15, 0.2) is 24.3 Å². The summed E-state index contributed by atoms with van der Waals surface area (Å²) in [5.41, 5.74) is 8.20. The van der Waals surface area contributed by atoms with Gasteiger partial charge in [0.2, 0.25) is 0 Å². The highest BCUT2D eigenvalue weighted by atomic mass is 15.2. The summed E-state index contributed by atoms with van der Waals surface area (Å²) in [6.07, 6.45) is 0. The molecule has 0 bridgehead atoms. The fourth-order valence-corrected chi connectivity index (χ4v) is 2.48. The molecule has 1 heterocycles. The number of aromatic nitrogens is 2. The van der Waals surface area contributed by atoms with E-state index in [0.29, 0.717) is 0 Å². The van der Waals surface area contributed by atoms with E-state index in [9.17, 15) is 0 Å². The van der Waals surface area contributed by atoms with Crippen LogP contribution in [0.4, 0.5) is 0 Å². The lowest BCUT2D eigenvalue weighted by Crippen LogP contribution is -2.38. The molecule has 0 radical (unpaired) electrons. The lowest BCUT2D eigenvalue weighted by molar-refractivity contribution is 0.280. The molecule has 4 heteroatoms. The molecule has 2 N–H and O–H groups in total. The molecule has 1 aromatic heterocycles. The summed E-state index contributed by atoms with van der Waals surface area (Å²) in [6, 6.07) is 8.29. The zero-order valence-corrected chi connectivity index (χ0v) is 13.1. The first-order valence-electron chi connectivity index (χ1n) is 7.40. The van der Waals surface area contributed by atoms with E-state index in [4.69, 9.17) is 10.7 Å². The predicted molar refractivity (Wildman–Crippen MR) is 84.6 cm³/mol. The van der Waals surface area contributed by atoms with Crippen LogP contribution in [0, 0.1) is 0 Å². The largest absolute Gasteiger partial charge is 0.325 e.